The molecule has 0 aliphatic heterocycles. The molecule has 1 heterocycles. The third kappa shape index (κ3) is 3.61. The van der Waals surface area contributed by atoms with E-state index < -0.39 is 0 Å². The molecule has 0 saturated carbocycles. The van der Waals surface area contributed by atoms with Crippen molar-refractivity contribution in [2.75, 3.05) is 5.32 Å². The van der Waals surface area contributed by atoms with Gasteiger partial charge in [-0.1, -0.05) is 21.1 Å². The Morgan fingerprint density at radius 3 is 2.80 bits per heavy atom. The number of nitrogens with one attached hydrogen (secondary N) is 1. The predicted molar refractivity (Wildman–Crippen MR) is 82.1 cm³/mol. The second kappa shape index (κ2) is 6.41. The summed E-state index contributed by atoms with van der Waals surface area (Å²) in [5.74, 6) is -0.0663. The fourth-order valence-electron chi connectivity index (χ4n) is 1.82. The van der Waals surface area contributed by atoms with Crippen molar-refractivity contribution >= 4 is 39.1 Å². The second-order valence-electron chi connectivity index (χ2n) is 4.53. The van der Waals surface area contributed by atoms with E-state index in [0.29, 0.717) is 12.8 Å². The number of carbonyl (C=O) groups excluding carboxylic acids is 1. The Bertz CT molecular complexity index is 621. The van der Waals surface area contributed by atoms with Crippen LogP contribution in [0.3, 0.4) is 0 Å². The molecular formula is C14H14BrClN2O2. The van der Waals surface area contributed by atoms with E-state index in [1.807, 2.05) is 25.1 Å². The summed E-state index contributed by atoms with van der Waals surface area (Å²) in [7, 11) is 0. The quantitative estimate of drug-likeness (QED) is 0.888. The average molecular weight is 358 g/mol. The summed E-state index contributed by atoms with van der Waals surface area (Å²) in [6.07, 6.45) is 0.840. The maximum absolute atomic E-state index is 11.9. The normalized spacial score (nSPS) is 10.6. The SMILES string of the molecule is Cc1cc(NC(=O)CCc2c(C)noc2Cl)ccc1Br. The van der Waals surface area contributed by atoms with Crippen LogP contribution >= 0.6 is 27.5 Å². The lowest BCUT2D eigenvalue weighted by Crippen LogP contribution is -2.12. The molecule has 0 aliphatic carbocycles. The number of benzene rings is 1. The largest absolute Gasteiger partial charge is 0.344 e. The molecule has 6 heteroatoms. The van der Waals surface area contributed by atoms with Gasteiger partial charge in [-0.3, -0.25) is 4.79 Å². The summed E-state index contributed by atoms with van der Waals surface area (Å²) in [6, 6.07) is 5.68. The first-order chi connectivity index (χ1) is 9.47. The number of rotatable bonds is 4. The summed E-state index contributed by atoms with van der Waals surface area (Å²) in [4.78, 5) is 11.9. The Morgan fingerprint density at radius 1 is 1.45 bits per heavy atom. The number of hydrogen-bond acceptors (Lipinski definition) is 3. The van der Waals surface area contributed by atoms with Gasteiger partial charge >= 0.3 is 0 Å². The summed E-state index contributed by atoms with van der Waals surface area (Å²) in [5, 5.41) is 6.87. The van der Waals surface area contributed by atoms with E-state index in [9.17, 15) is 4.79 Å². The van der Waals surface area contributed by atoms with Crippen molar-refractivity contribution in [3.8, 4) is 0 Å². The molecule has 4 nitrogen and oxygen atoms in total. The molecule has 1 aromatic heterocycles. The van der Waals surface area contributed by atoms with Crippen LogP contribution < -0.4 is 5.32 Å². The van der Waals surface area contributed by atoms with E-state index in [2.05, 4.69) is 26.4 Å². The minimum absolute atomic E-state index is 0.0663. The Morgan fingerprint density at radius 2 is 2.20 bits per heavy atom. The smallest absolute Gasteiger partial charge is 0.229 e. The summed E-state index contributed by atoms with van der Waals surface area (Å²) in [6.45, 7) is 3.78. The molecule has 20 heavy (non-hydrogen) atoms. The molecular weight excluding hydrogens is 344 g/mol. The third-order valence-corrected chi connectivity index (χ3v) is 4.17. The highest BCUT2D eigenvalue weighted by atomic mass is 79.9. The number of carbonyl (C=O) groups is 1. The fourth-order valence-corrected chi connectivity index (χ4v) is 2.34. The molecule has 0 radical (unpaired) electrons. The maximum atomic E-state index is 11.9. The van der Waals surface area contributed by atoms with Gasteiger partial charge in [-0.15, -0.1) is 0 Å². The fraction of sp³-hybridized carbons (Fsp3) is 0.286. The van der Waals surface area contributed by atoms with E-state index >= 15 is 0 Å². The lowest BCUT2D eigenvalue weighted by molar-refractivity contribution is -0.116. The molecule has 0 fully saturated rings. The molecule has 2 aromatic rings. The first-order valence-electron chi connectivity index (χ1n) is 6.14. The van der Waals surface area contributed by atoms with Crippen LogP contribution in [0.15, 0.2) is 27.2 Å². The van der Waals surface area contributed by atoms with Crippen molar-refractivity contribution < 1.29 is 9.32 Å². The lowest BCUT2D eigenvalue weighted by Gasteiger charge is -2.07. The zero-order valence-corrected chi connectivity index (χ0v) is 13.5. The molecule has 106 valence electrons. The number of halogens is 2. The number of nitrogens with zero attached hydrogens (tertiary/aromatic N) is 1. The van der Waals surface area contributed by atoms with E-state index in [1.54, 1.807) is 6.92 Å². The first kappa shape index (κ1) is 15.1. The van der Waals surface area contributed by atoms with E-state index in [1.165, 1.54) is 0 Å². The minimum Gasteiger partial charge on any atom is -0.344 e. The van der Waals surface area contributed by atoms with Crippen molar-refractivity contribution in [2.24, 2.45) is 0 Å². The number of anilines is 1. The van der Waals surface area contributed by atoms with Crippen molar-refractivity contribution in [2.45, 2.75) is 26.7 Å². The van der Waals surface area contributed by atoms with E-state index in [4.69, 9.17) is 16.1 Å². The van der Waals surface area contributed by atoms with Crippen molar-refractivity contribution in [1.29, 1.82) is 0 Å². The second-order valence-corrected chi connectivity index (χ2v) is 5.73. The minimum atomic E-state index is -0.0663. The van der Waals surface area contributed by atoms with Gasteiger partial charge < -0.3 is 9.84 Å². The summed E-state index contributed by atoms with van der Waals surface area (Å²) < 4.78 is 5.87. The van der Waals surface area contributed by atoms with Gasteiger partial charge in [0.1, 0.15) is 0 Å². The number of aryl methyl sites for hydroxylation is 2. The Labute approximate surface area is 130 Å². The number of amides is 1. The number of hydrogen-bond donors (Lipinski definition) is 1. The topological polar surface area (TPSA) is 55.1 Å². The molecule has 0 aliphatic rings. The van der Waals surface area contributed by atoms with Crippen LogP contribution in [0.25, 0.3) is 0 Å². The average Bonchev–Trinajstić information content (AvgIpc) is 2.71. The standard InChI is InChI=1S/C14H14BrClN2O2/c1-8-7-10(3-5-12(8)15)17-13(19)6-4-11-9(2)18-20-14(11)16/h3,5,7H,4,6H2,1-2H3,(H,17,19). The van der Waals surface area contributed by atoms with Crippen LogP contribution in [-0.4, -0.2) is 11.1 Å². The maximum Gasteiger partial charge on any atom is 0.229 e. The van der Waals surface area contributed by atoms with Crippen molar-refractivity contribution in [3.05, 3.63) is 44.7 Å². The van der Waals surface area contributed by atoms with Gasteiger partial charge in [-0.25, -0.2) is 0 Å². The first-order valence-corrected chi connectivity index (χ1v) is 7.31. The highest BCUT2D eigenvalue weighted by Crippen LogP contribution is 2.22. The van der Waals surface area contributed by atoms with Gasteiger partial charge in [0, 0.05) is 22.1 Å². The van der Waals surface area contributed by atoms with E-state index in [-0.39, 0.29) is 11.1 Å². The Balaban J connectivity index is 1.94. The zero-order valence-electron chi connectivity index (χ0n) is 11.2. The molecule has 1 aromatic carbocycles. The van der Waals surface area contributed by atoms with Crippen molar-refractivity contribution in [3.63, 3.8) is 0 Å². The molecule has 0 saturated heterocycles. The van der Waals surface area contributed by atoms with Crippen LogP contribution in [0, 0.1) is 13.8 Å². The van der Waals surface area contributed by atoms with Crippen LogP contribution in [0.2, 0.25) is 5.22 Å². The van der Waals surface area contributed by atoms with Gasteiger partial charge in [-0.2, -0.15) is 0 Å². The highest BCUT2D eigenvalue weighted by Gasteiger charge is 2.12. The van der Waals surface area contributed by atoms with Crippen LogP contribution in [0.5, 0.6) is 0 Å². The van der Waals surface area contributed by atoms with Crippen LogP contribution in [0.1, 0.15) is 23.2 Å². The van der Waals surface area contributed by atoms with Gasteiger partial charge in [0.05, 0.1) is 5.69 Å². The van der Waals surface area contributed by atoms with Crippen LogP contribution in [-0.2, 0) is 11.2 Å². The van der Waals surface area contributed by atoms with Gasteiger partial charge in [0.15, 0.2) is 0 Å². The molecule has 2 rings (SSSR count). The highest BCUT2D eigenvalue weighted by molar-refractivity contribution is 9.10. The molecule has 1 N–H and O–H groups in total. The van der Waals surface area contributed by atoms with Gasteiger partial charge in [0.25, 0.3) is 0 Å². The lowest BCUT2D eigenvalue weighted by atomic mass is 10.1. The number of aromatic nitrogens is 1. The third-order valence-electron chi connectivity index (χ3n) is 2.98. The Hall–Kier alpha value is -1.33. The molecule has 0 spiro atoms. The zero-order chi connectivity index (χ0) is 14.7. The van der Waals surface area contributed by atoms with Gasteiger partial charge in [0.2, 0.25) is 11.1 Å². The molecule has 0 atom stereocenters. The molecule has 0 unspecified atom stereocenters. The van der Waals surface area contributed by atoms with Crippen molar-refractivity contribution in [1.82, 2.24) is 5.16 Å². The monoisotopic (exact) mass is 356 g/mol. The summed E-state index contributed by atoms with van der Waals surface area (Å²) >= 11 is 9.28. The van der Waals surface area contributed by atoms with Gasteiger partial charge in [-0.05, 0) is 55.6 Å². The van der Waals surface area contributed by atoms with E-state index in [0.717, 1.165) is 27.0 Å². The Kier molecular flexibility index (Phi) is 4.83. The van der Waals surface area contributed by atoms with Crippen LogP contribution in [0.4, 0.5) is 5.69 Å². The summed E-state index contributed by atoms with van der Waals surface area (Å²) in [5.41, 5.74) is 3.36. The molecule has 0 bridgehead atoms. The molecule has 1 amide bonds. The predicted octanol–water partition coefficient (Wildman–Crippen LogP) is 4.28.